The van der Waals surface area contributed by atoms with Gasteiger partial charge in [-0.25, -0.2) is 0 Å². The van der Waals surface area contributed by atoms with Gasteiger partial charge in [-0.2, -0.15) is 0 Å². The highest BCUT2D eigenvalue weighted by Crippen LogP contribution is 2.36. The van der Waals surface area contributed by atoms with E-state index in [2.05, 4.69) is 18.4 Å². The Balaban J connectivity index is 1.79. The Bertz CT molecular complexity index is 446. The molecule has 1 aliphatic carbocycles. The van der Waals surface area contributed by atoms with Crippen molar-refractivity contribution in [3.63, 3.8) is 0 Å². The summed E-state index contributed by atoms with van der Waals surface area (Å²) in [6.07, 6.45) is 3.29. The van der Waals surface area contributed by atoms with E-state index in [9.17, 15) is 4.79 Å². The van der Waals surface area contributed by atoms with Crippen molar-refractivity contribution in [3.05, 3.63) is 21.9 Å². The first kappa shape index (κ1) is 12.2. The second kappa shape index (κ2) is 4.67. The number of carbonyl (C=O) groups excluding carboxylic acids is 1. The van der Waals surface area contributed by atoms with E-state index in [0.29, 0.717) is 11.8 Å². The number of nitrogens with two attached hydrogens (primary N) is 1. The molecule has 0 radical (unpaired) electrons. The molecular weight excluding hydrogens is 244 g/mol. The Morgan fingerprint density at radius 1 is 1.50 bits per heavy atom. The molecule has 2 N–H and O–H groups in total. The minimum Gasteiger partial charge on any atom is -0.340 e. The van der Waals surface area contributed by atoms with Crippen LogP contribution in [0, 0.1) is 5.92 Å². The average Bonchev–Trinajstić information content (AvgIpc) is 2.95. The average molecular weight is 264 g/mol. The van der Waals surface area contributed by atoms with Crippen LogP contribution in [0.5, 0.6) is 0 Å². The Labute approximate surface area is 112 Å². The number of nitrogens with zero attached hydrogens (tertiary/aromatic N) is 1. The molecule has 0 bridgehead atoms. The van der Waals surface area contributed by atoms with Gasteiger partial charge in [0.2, 0.25) is 5.91 Å². The lowest BCUT2D eigenvalue weighted by molar-refractivity contribution is -0.132. The first-order chi connectivity index (χ1) is 8.66. The van der Waals surface area contributed by atoms with Crippen molar-refractivity contribution < 1.29 is 4.79 Å². The SMILES string of the molecule is CC1CN(C(=O)C2CCCc3sccc32)CC1N. The maximum atomic E-state index is 12.6. The second-order valence-corrected chi connectivity index (χ2v) is 6.63. The lowest BCUT2D eigenvalue weighted by Gasteiger charge is -2.26. The van der Waals surface area contributed by atoms with Crippen LogP contribution >= 0.6 is 11.3 Å². The number of aryl methyl sites for hydroxylation is 1. The van der Waals surface area contributed by atoms with Crippen LogP contribution in [0.3, 0.4) is 0 Å². The van der Waals surface area contributed by atoms with Gasteiger partial charge in [0.25, 0.3) is 0 Å². The Morgan fingerprint density at radius 2 is 2.33 bits per heavy atom. The van der Waals surface area contributed by atoms with Crippen LogP contribution in [0.1, 0.15) is 36.1 Å². The zero-order valence-corrected chi connectivity index (χ0v) is 11.6. The highest BCUT2D eigenvalue weighted by molar-refractivity contribution is 7.10. The van der Waals surface area contributed by atoms with Gasteiger partial charge in [-0.3, -0.25) is 4.79 Å². The van der Waals surface area contributed by atoms with E-state index in [1.54, 1.807) is 11.3 Å². The molecule has 3 nitrogen and oxygen atoms in total. The van der Waals surface area contributed by atoms with E-state index in [1.165, 1.54) is 10.4 Å². The number of fused-ring (bicyclic) bond motifs is 1. The predicted octanol–water partition coefficient (Wildman–Crippen LogP) is 1.97. The van der Waals surface area contributed by atoms with Gasteiger partial charge < -0.3 is 10.6 Å². The fraction of sp³-hybridized carbons (Fsp3) is 0.643. The molecule has 1 aliphatic heterocycles. The van der Waals surface area contributed by atoms with Crippen molar-refractivity contribution in [1.82, 2.24) is 4.90 Å². The molecule has 1 aromatic rings. The van der Waals surface area contributed by atoms with Crippen molar-refractivity contribution >= 4 is 17.2 Å². The number of carbonyl (C=O) groups is 1. The predicted molar refractivity (Wildman–Crippen MR) is 73.7 cm³/mol. The number of hydrogen-bond acceptors (Lipinski definition) is 3. The maximum Gasteiger partial charge on any atom is 0.230 e. The van der Waals surface area contributed by atoms with Crippen LogP contribution in [0.15, 0.2) is 11.4 Å². The number of amides is 1. The van der Waals surface area contributed by atoms with E-state index in [0.717, 1.165) is 32.4 Å². The van der Waals surface area contributed by atoms with Gasteiger partial charge in [0.15, 0.2) is 0 Å². The van der Waals surface area contributed by atoms with E-state index in [4.69, 9.17) is 5.73 Å². The van der Waals surface area contributed by atoms with Gasteiger partial charge in [-0.1, -0.05) is 6.92 Å². The molecule has 2 aliphatic rings. The minimum absolute atomic E-state index is 0.0949. The third-order valence-electron chi connectivity index (χ3n) is 4.33. The number of hydrogen-bond donors (Lipinski definition) is 1. The smallest absolute Gasteiger partial charge is 0.230 e. The lowest BCUT2D eigenvalue weighted by Crippen LogP contribution is -2.36. The van der Waals surface area contributed by atoms with Crippen LogP contribution in [0.25, 0.3) is 0 Å². The van der Waals surface area contributed by atoms with Gasteiger partial charge in [-0.15, -0.1) is 11.3 Å². The third-order valence-corrected chi connectivity index (χ3v) is 5.33. The van der Waals surface area contributed by atoms with Crippen LogP contribution < -0.4 is 5.73 Å². The molecule has 98 valence electrons. The molecule has 0 spiro atoms. The van der Waals surface area contributed by atoms with Gasteiger partial charge in [-0.05, 0) is 42.2 Å². The summed E-state index contributed by atoms with van der Waals surface area (Å²) in [4.78, 5) is 16.0. The topological polar surface area (TPSA) is 46.3 Å². The van der Waals surface area contributed by atoms with Crippen LogP contribution in [0.2, 0.25) is 0 Å². The zero-order chi connectivity index (χ0) is 12.7. The van der Waals surface area contributed by atoms with Gasteiger partial charge >= 0.3 is 0 Å². The summed E-state index contributed by atoms with van der Waals surface area (Å²) in [6.45, 7) is 3.70. The number of likely N-dealkylation sites (tertiary alicyclic amines) is 1. The molecule has 0 aromatic carbocycles. The molecule has 0 saturated carbocycles. The third kappa shape index (κ3) is 1.97. The summed E-state index contributed by atoms with van der Waals surface area (Å²) in [6, 6.07) is 2.29. The molecule has 2 heterocycles. The summed E-state index contributed by atoms with van der Waals surface area (Å²) in [5.41, 5.74) is 7.30. The number of rotatable bonds is 1. The fourth-order valence-electron chi connectivity index (χ4n) is 3.14. The van der Waals surface area contributed by atoms with Crippen LogP contribution in [0.4, 0.5) is 0 Å². The monoisotopic (exact) mass is 264 g/mol. The summed E-state index contributed by atoms with van der Waals surface area (Å²) < 4.78 is 0. The summed E-state index contributed by atoms with van der Waals surface area (Å²) >= 11 is 1.79. The highest BCUT2D eigenvalue weighted by atomic mass is 32.1. The lowest BCUT2D eigenvalue weighted by atomic mass is 9.87. The fourth-order valence-corrected chi connectivity index (χ4v) is 4.12. The molecule has 3 atom stereocenters. The molecule has 4 heteroatoms. The first-order valence-corrected chi connectivity index (χ1v) is 7.65. The van der Waals surface area contributed by atoms with Crippen LogP contribution in [-0.2, 0) is 11.2 Å². The zero-order valence-electron chi connectivity index (χ0n) is 10.8. The van der Waals surface area contributed by atoms with Crippen molar-refractivity contribution in [2.24, 2.45) is 11.7 Å². The van der Waals surface area contributed by atoms with Gasteiger partial charge in [0.05, 0.1) is 5.92 Å². The Kier molecular flexibility index (Phi) is 3.16. The van der Waals surface area contributed by atoms with Crippen molar-refractivity contribution in [2.45, 2.75) is 38.1 Å². The van der Waals surface area contributed by atoms with Crippen molar-refractivity contribution in [3.8, 4) is 0 Å². The highest BCUT2D eigenvalue weighted by Gasteiger charge is 2.35. The van der Waals surface area contributed by atoms with E-state index < -0.39 is 0 Å². The largest absolute Gasteiger partial charge is 0.340 e. The molecule has 1 fully saturated rings. The first-order valence-electron chi connectivity index (χ1n) is 6.77. The van der Waals surface area contributed by atoms with Crippen LogP contribution in [-0.4, -0.2) is 29.9 Å². The van der Waals surface area contributed by atoms with E-state index >= 15 is 0 Å². The molecule has 3 rings (SSSR count). The molecular formula is C14H20N2OS. The molecule has 3 unspecified atom stereocenters. The summed E-state index contributed by atoms with van der Waals surface area (Å²) in [5, 5.41) is 2.12. The van der Waals surface area contributed by atoms with Crippen molar-refractivity contribution in [2.75, 3.05) is 13.1 Å². The minimum atomic E-state index is 0.0949. The second-order valence-electron chi connectivity index (χ2n) is 5.63. The molecule has 1 saturated heterocycles. The maximum absolute atomic E-state index is 12.6. The molecule has 18 heavy (non-hydrogen) atoms. The van der Waals surface area contributed by atoms with E-state index in [-0.39, 0.29) is 12.0 Å². The van der Waals surface area contributed by atoms with Crippen molar-refractivity contribution in [1.29, 1.82) is 0 Å². The number of thiophene rings is 1. The van der Waals surface area contributed by atoms with E-state index in [1.807, 2.05) is 4.90 Å². The van der Waals surface area contributed by atoms with Gasteiger partial charge in [0.1, 0.15) is 0 Å². The summed E-state index contributed by atoms with van der Waals surface area (Å²) in [7, 11) is 0. The quantitative estimate of drug-likeness (QED) is 0.843. The Hall–Kier alpha value is -0.870. The normalized spacial score (nSPS) is 31.4. The summed E-state index contributed by atoms with van der Waals surface area (Å²) in [5.74, 6) is 0.825. The Morgan fingerprint density at radius 3 is 3.06 bits per heavy atom. The molecule has 1 amide bonds. The standard InChI is InChI=1S/C14H20N2OS/c1-9-7-16(8-12(9)15)14(17)11-3-2-4-13-10(11)5-6-18-13/h5-6,9,11-12H,2-4,7-8,15H2,1H3. The molecule has 1 aromatic heterocycles. The van der Waals surface area contributed by atoms with Gasteiger partial charge in [0, 0.05) is 24.0 Å².